The minimum Gasteiger partial charge on any atom is -0.481 e. The molecule has 0 unspecified atom stereocenters. The molecule has 0 fully saturated rings. The number of carboxylic acids is 1. The average Bonchev–Trinajstić information content (AvgIpc) is 3.32. The molecule has 0 atom stereocenters. The Balaban J connectivity index is 1.69. The molecule has 1 N–H and O–H groups in total. The lowest BCUT2D eigenvalue weighted by Crippen LogP contribution is -2.30. The fourth-order valence-electron chi connectivity index (χ4n) is 3.97. The highest BCUT2D eigenvalue weighted by Crippen LogP contribution is 2.26. The van der Waals surface area contributed by atoms with Crippen molar-refractivity contribution in [2.45, 2.75) is 50.6 Å². The van der Waals surface area contributed by atoms with Gasteiger partial charge >= 0.3 is 5.97 Å². The first kappa shape index (κ1) is 24.6. The predicted molar refractivity (Wildman–Crippen MR) is 131 cm³/mol. The summed E-state index contributed by atoms with van der Waals surface area (Å²) < 4.78 is 33.8. The first-order valence-corrected chi connectivity index (χ1v) is 12.9. The summed E-state index contributed by atoms with van der Waals surface area (Å²) >= 11 is 0. The molecule has 0 radical (unpaired) electrons. The van der Waals surface area contributed by atoms with E-state index in [1.165, 1.54) is 15.9 Å². The number of aliphatic carboxylic acids is 1. The van der Waals surface area contributed by atoms with Crippen LogP contribution in [0.2, 0.25) is 0 Å². The highest BCUT2D eigenvalue weighted by atomic mass is 32.2. The van der Waals surface area contributed by atoms with Crippen molar-refractivity contribution >= 4 is 27.0 Å². The third kappa shape index (κ3) is 5.93. The van der Waals surface area contributed by atoms with Gasteiger partial charge in [-0.05, 0) is 57.5 Å². The summed E-state index contributed by atoms with van der Waals surface area (Å²) in [4.78, 5) is 11.2. The van der Waals surface area contributed by atoms with Crippen LogP contribution < -0.4 is 0 Å². The van der Waals surface area contributed by atoms with E-state index in [2.05, 4.69) is 17.2 Å². The van der Waals surface area contributed by atoms with Crippen LogP contribution in [0.1, 0.15) is 42.0 Å². The Morgan fingerprint density at radius 1 is 0.914 bits per heavy atom. The van der Waals surface area contributed by atoms with E-state index < -0.39 is 16.0 Å². The van der Waals surface area contributed by atoms with Gasteiger partial charge in [0.2, 0.25) is 10.0 Å². The molecule has 4 aromatic rings. The Hall–Kier alpha value is -3.56. The largest absolute Gasteiger partial charge is 0.481 e. The second-order valence-corrected chi connectivity index (χ2v) is 10.4. The topological polar surface area (TPSA) is 114 Å². The molecule has 182 valence electrons. The van der Waals surface area contributed by atoms with Gasteiger partial charge in [-0.2, -0.15) is 4.31 Å². The van der Waals surface area contributed by atoms with Crippen molar-refractivity contribution in [1.82, 2.24) is 14.6 Å². The lowest BCUT2D eigenvalue weighted by molar-refractivity contribution is -0.136. The Morgan fingerprint density at radius 2 is 1.60 bits per heavy atom. The van der Waals surface area contributed by atoms with E-state index in [0.717, 1.165) is 24.8 Å². The zero-order valence-corrected chi connectivity index (χ0v) is 20.2. The number of aryl methyl sites for hydroxylation is 1. The van der Waals surface area contributed by atoms with Crippen LogP contribution in [0.25, 0.3) is 11.0 Å². The lowest BCUT2D eigenvalue weighted by atomic mass is 10.1. The molecule has 1 aromatic heterocycles. The van der Waals surface area contributed by atoms with E-state index in [1.54, 1.807) is 36.4 Å². The van der Waals surface area contributed by atoms with E-state index >= 15 is 0 Å². The standard InChI is InChI=1S/C26H27N3O5S/c1-2-3-6-19-11-13-20(14-12-19)17-29(18-22-8-4-7-21(15-22)16-25(30)31)35(32,33)24-10-5-9-23-26(24)28-34-27-23/h4-5,7-15H,2-3,6,16-18H2,1H3,(H,30,31). The van der Waals surface area contributed by atoms with Gasteiger partial charge in [-0.3, -0.25) is 4.79 Å². The molecule has 35 heavy (non-hydrogen) atoms. The van der Waals surface area contributed by atoms with Gasteiger partial charge in [0, 0.05) is 13.1 Å². The van der Waals surface area contributed by atoms with Gasteiger partial charge in [-0.1, -0.05) is 67.9 Å². The van der Waals surface area contributed by atoms with Crippen LogP contribution in [-0.2, 0) is 40.7 Å². The molecule has 0 aliphatic rings. The van der Waals surface area contributed by atoms with Gasteiger partial charge in [-0.25, -0.2) is 13.0 Å². The predicted octanol–water partition coefficient (Wildman–Crippen LogP) is 4.58. The van der Waals surface area contributed by atoms with E-state index in [1.807, 2.05) is 24.3 Å². The molecular formula is C26H27N3O5S. The summed E-state index contributed by atoms with van der Waals surface area (Å²) in [6, 6.07) is 19.7. The smallest absolute Gasteiger partial charge is 0.307 e. The maximum Gasteiger partial charge on any atom is 0.307 e. The van der Waals surface area contributed by atoms with Crippen molar-refractivity contribution in [1.29, 1.82) is 0 Å². The summed E-state index contributed by atoms with van der Waals surface area (Å²) in [5.41, 5.74) is 3.89. The Kier molecular flexibility index (Phi) is 7.57. The van der Waals surface area contributed by atoms with E-state index in [0.29, 0.717) is 16.6 Å². The summed E-state index contributed by atoms with van der Waals surface area (Å²) in [5.74, 6) is -0.944. The number of carboxylic acid groups (broad SMARTS) is 1. The van der Waals surface area contributed by atoms with Crippen LogP contribution in [0.15, 0.2) is 76.3 Å². The first-order valence-electron chi connectivity index (χ1n) is 11.5. The number of hydrogen-bond donors (Lipinski definition) is 1. The molecular weight excluding hydrogens is 466 g/mol. The van der Waals surface area contributed by atoms with E-state index in [4.69, 9.17) is 9.74 Å². The molecule has 0 aliphatic heterocycles. The zero-order chi connectivity index (χ0) is 24.8. The molecule has 1 heterocycles. The fraction of sp³-hybridized carbons (Fsp3) is 0.269. The molecule has 0 amide bonds. The SMILES string of the molecule is CCCCc1ccc(CN(Cc2cccc(CC(=O)O)c2)S(=O)(=O)c2cccc3nonc23)cc1. The number of sulfonamides is 1. The number of hydrogen-bond acceptors (Lipinski definition) is 6. The highest BCUT2D eigenvalue weighted by Gasteiger charge is 2.28. The number of unbranched alkanes of at least 4 members (excludes halogenated alkanes) is 1. The minimum absolute atomic E-state index is 0.0116. The Bertz CT molecular complexity index is 1410. The first-order chi connectivity index (χ1) is 16.9. The Morgan fingerprint density at radius 3 is 2.34 bits per heavy atom. The molecule has 0 spiro atoms. The molecule has 3 aromatic carbocycles. The van der Waals surface area contributed by atoms with Crippen LogP contribution in [0.5, 0.6) is 0 Å². The normalized spacial score (nSPS) is 11.8. The number of nitrogens with zero attached hydrogens (tertiary/aromatic N) is 3. The third-order valence-electron chi connectivity index (χ3n) is 5.77. The van der Waals surface area contributed by atoms with Gasteiger partial charge in [0.05, 0.1) is 6.42 Å². The number of carbonyl (C=O) groups is 1. The molecule has 0 saturated carbocycles. The van der Waals surface area contributed by atoms with Crippen molar-refractivity contribution in [3.05, 3.63) is 89.0 Å². The van der Waals surface area contributed by atoms with Crippen LogP contribution >= 0.6 is 0 Å². The number of fused-ring (bicyclic) bond motifs is 1. The third-order valence-corrected chi connectivity index (χ3v) is 7.60. The molecule has 4 rings (SSSR count). The highest BCUT2D eigenvalue weighted by molar-refractivity contribution is 7.89. The maximum absolute atomic E-state index is 13.8. The molecule has 0 aliphatic carbocycles. The Labute approximate surface area is 204 Å². The van der Waals surface area contributed by atoms with Crippen LogP contribution in [0, 0.1) is 0 Å². The maximum atomic E-state index is 13.8. The second kappa shape index (κ2) is 10.8. The van der Waals surface area contributed by atoms with Gasteiger partial charge in [-0.15, -0.1) is 0 Å². The molecule has 0 saturated heterocycles. The van der Waals surface area contributed by atoms with Gasteiger partial charge < -0.3 is 5.11 Å². The summed E-state index contributed by atoms with van der Waals surface area (Å²) in [6.07, 6.45) is 3.06. The van der Waals surface area contributed by atoms with E-state index in [-0.39, 0.29) is 29.9 Å². The zero-order valence-electron chi connectivity index (χ0n) is 19.4. The quantitative estimate of drug-likeness (QED) is 0.325. The van der Waals surface area contributed by atoms with Crippen molar-refractivity contribution in [2.75, 3.05) is 0 Å². The van der Waals surface area contributed by atoms with E-state index in [9.17, 15) is 13.2 Å². The number of benzene rings is 3. The van der Waals surface area contributed by atoms with Crippen molar-refractivity contribution in [3.8, 4) is 0 Å². The average molecular weight is 494 g/mol. The lowest BCUT2D eigenvalue weighted by Gasteiger charge is -2.23. The molecule has 8 nitrogen and oxygen atoms in total. The number of aromatic nitrogens is 2. The van der Waals surface area contributed by atoms with Crippen molar-refractivity contribution in [2.24, 2.45) is 0 Å². The summed E-state index contributed by atoms with van der Waals surface area (Å²) in [5, 5.41) is 16.7. The summed E-state index contributed by atoms with van der Waals surface area (Å²) in [7, 11) is -4.00. The number of rotatable bonds is 11. The monoisotopic (exact) mass is 493 g/mol. The molecule has 9 heteroatoms. The van der Waals surface area contributed by atoms with Crippen LogP contribution in [-0.4, -0.2) is 34.1 Å². The summed E-state index contributed by atoms with van der Waals surface area (Å²) in [6.45, 7) is 2.35. The molecule has 0 bridgehead atoms. The van der Waals surface area contributed by atoms with Crippen molar-refractivity contribution < 1.29 is 22.9 Å². The van der Waals surface area contributed by atoms with Gasteiger partial charge in [0.15, 0.2) is 5.52 Å². The van der Waals surface area contributed by atoms with Gasteiger partial charge in [0.1, 0.15) is 10.4 Å². The van der Waals surface area contributed by atoms with Gasteiger partial charge in [0.25, 0.3) is 0 Å². The van der Waals surface area contributed by atoms with Crippen LogP contribution in [0.3, 0.4) is 0 Å². The van der Waals surface area contributed by atoms with Crippen molar-refractivity contribution in [3.63, 3.8) is 0 Å². The minimum atomic E-state index is -4.00. The fourth-order valence-corrected chi connectivity index (χ4v) is 5.52. The van der Waals surface area contributed by atoms with Crippen LogP contribution in [0.4, 0.5) is 0 Å². The second-order valence-electron chi connectivity index (χ2n) is 8.47.